The number of carbonyl (C=O) groups is 1. The molecule has 0 fully saturated rings. The second-order valence-corrected chi connectivity index (χ2v) is 4.69. The first kappa shape index (κ1) is 13.3. The molecule has 3 N–H and O–H groups in total. The third-order valence-electron chi connectivity index (χ3n) is 3.38. The van der Waals surface area contributed by atoms with Crippen LogP contribution in [0.1, 0.15) is 15.9 Å². The number of fused-ring (bicyclic) bond motifs is 1. The van der Waals surface area contributed by atoms with E-state index in [4.69, 9.17) is 5.73 Å². The monoisotopic (exact) mass is 277 g/mol. The molecule has 3 rings (SSSR count). The summed E-state index contributed by atoms with van der Waals surface area (Å²) >= 11 is 0. The van der Waals surface area contributed by atoms with Gasteiger partial charge in [-0.1, -0.05) is 30.3 Å². The van der Waals surface area contributed by atoms with E-state index in [1.54, 1.807) is 12.3 Å². The van der Waals surface area contributed by atoms with E-state index < -0.39 is 0 Å². The van der Waals surface area contributed by atoms with Gasteiger partial charge >= 0.3 is 0 Å². The van der Waals surface area contributed by atoms with E-state index in [9.17, 15) is 4.79 Å². The summed E-state index contributed by atoms with van der Waals surface area (Å²) < 4.78 is 0. The van der Waals surface area contributed by atoms with Crippen molar-refractivity contribution in [3.63, 3.8) is 0 Å². The largest absolute Gasteiger partial charge is 0.326 e. The highest BCUT2D eigenvalue weighted by Gasteiger charge is 2.11. The van der Waals surface area contributed by atoms with Gasteiger partial charge in [-0.2, -0.15) is 0 Å². The molecule has 0 aliphatic rings. The van der Waals surface area contributed by atoms with Crippen molar-refractivity contribution in [2.45, 2.75) is 6.54 Å². The number of nitrogens with one attached hydrogen (secondary N) is 1. The number of para-hydroxylation sites is 1. The molecule has 2 aromatic carbocycles. The van der Waals surface area contributed by atoms with Gasteiger partial charge in [0.05, 0.1) is 5.52 Å². The molecule has 104 valence electrons. The van der Waals surface area contributed by atoms with Gasteiger partial charge in [0.1, 0.15) is 0 Å². The second kappa shape index (κ2) is 5.73. The summed E-state index contributed by atoms with van der Waals surface area (Å²) in [6.07, 6.45) is 1.72. The maximum Gasteiger partial charge on any atom is 0.256 e. The zero-order valence-corrected chi connectivity index (χ0v) is 11.4. The molecule has 1 aromatic heterocycles. The van der Waals surface area contributed by atoms with Crippen molar-refractivity contribution in [3.05, 3.63) is 71.9 Å². The van der Waals surface area contributed by atoms with E-state index >= 15 is 0 Å². The van der Waals surface area contributed by atoms with Gasteiger partial charge in [-0.15, -0.1) is 0 Å². The minimum absolute atomic E-state index is 0.158. The Bertz CT molecular complexity index is 793. The predicted molar refractivity (Wildman–Crippen MR) is 84.0 cm³/mol. The minimum atomic E-state index is -0.158. The molecule has 0 radical (unpaired) electrons. The van der Waals surface area contributed by atoms with Crippen LogP contribution in [0.4, 0.5) is 5.69 Å². The number of aromatic nitrogens is 1. The minimum Gasteiger partial charge on any atom is -0.326 e. The number of pyridine rings is 1. The molecule has 0 saturated heterocycles. The fourth-order valence-electron chi connectivity index (χ4n) is 2.31. The number of benzene rings is 2. The van der Waals surface area contributed by atoms with Crippen molar-refractivity contribution < 1.29 is 4.79 Å². The Morgan fingerprint density at radius 2 is 1.90 bits per heavy atom. The number of hydrogen-bond acceptors (Lipinski definition) is 3. The van der Waals surface area contributed by atoms with Gasteiger partial charge in [-0.3, -0.25) is 9.78 Å². The quantitative estimate of drug-likeness (QED) is 0.773. The molecule has 0 bridgehead atoms. The Morgan fingerprint density at radius 1 is 1.05 bits per heavy atom. The molecule has 21 heavy (non-hydrogen) atoms. The van der Waals surface area contributed by atoms with Gasteiger partial charge in [0.2, 0.25) is 0 Å². The molecule has 4 heteroatoms. The van der Waals surface area contributed by atoms with Gasteiger partial charge in [0.15, 0.2) is 0 Å². The van der Waals surface area contributed by atoms with Crippen LogP contribution in [-0.2, 0) is 6.54 Å². The zero-order chi connectivity index (χ0) is 14.7. The van der Waals surface area contributed by atoms with Crippen LogP contribution in [0.2, 0.25) is 0 Å². The van der Waals surface area contributed by atoms with Crippen molar-refractivity contribution in [3.8, 4) is 0 Å². The van der Waals surface area contributed by atoms with E-state index in [-0.39, 0.29) is 5.91 Å². The first-order chi connectivity index (χ1) is 10.3. The third-order valence-corrected chi connectivity index (χ3v) is 3.38. The lowest BCUT2D eigenvalue weighted by Gasteiger charge is -2.10. The van der Waals surface area contributed by atoms with Crippen LogP contribution < -0.4 is 11.1 Å². The van der Waals surface area contributed by atoms with Crippen LogP contribution in [0, 0.1) is 0 Å². The fourth-order valence-corrected chi connectivity index (χ4v) is 2.31. The van der Waals surface area contributed by atoms with Gasteiger partial charge in [-0.25, -0.2) is 0 Å². The summed E-state index contributed by atoms with van der Waals surface area (Å²) in [5.74, 6) is -0.158. The van der Waals surface area contributed by atoms with Crippen molar-refractivity contribution in [1.82, 2.24) is 4.98 Å². The van der Waals surface area contributed by atoms with Crippen molar-refractivity contribution in [2.75, 3.05) is 5.32 Å². The highest BCUT2D eigenvalue weighted by atomic mass is 16.1. The van der Waals surface area contributed by atoms with Gasteiger partial charge in [0.25, 0.3) is 5.91 Å². The van der Waals surface area contributed by atoms with Crippen molar-refractivity contribution in [1.29, 1.82) is 0 Å². The molecular formula is C17H15N3O. The van der Waals surface area contributed by atoms with Crippen molar-refractivity contribution in [2.24, 2.45) is 5.73 Å². The zero-order valence-electron chi connectivity index (χ0n) is 11.4. The van der Waals surface area contributed by atoms with E-state index in [0.717, 1.165) is 22.2 Å². The average molecular weight is 277 g/mol. The van der Waals surface area contributed by atoms with E-state index in [2.05, 4.69) is 10.3 Å². The molecule has 0 aliphatic carbocycles. The van der Waals surface area contributed by atoms with E-state index in [0.29, 0.717) is 12.1 Å². The van der Waals surface area contributed by atoms with Gasteiger partial charge in [-0.05, 0) is 29.8 Å². The molecular weight excluding hydrogens is 262 g/mol. The number of nitrogens with two attached hydrogens (primary N) is 1. The first-order valence-corrected chi connectivity index (χ1v) is 6.72. The van der Waals surface area contributed by atoms with Crippen LogP contribution in [0.3, 0.4) is 0 Å². The topological polar surface area (TPSA) is 68.0 Å². The lowest BCUT2D eigenvalue weighted by Crippen LogP contribution is -2.14. The maximum atomic E-state index is 12.5. The van der Waals surface area contributed by atoms with Crippen LogP contribution in [0.25, 0.3) is 10.9 Å². The Morgan fingerprint density at radius 3 is 2.76 bits per heavy atom. The highest BCUT2D eigenvalue weighted by molar-refractivity contribution is 6.12. The van der Waals surface area contributed by atoms with Crippen LogP contribution in [-0.4, -0.2) is 10.9 Å². The van der Waals surface area contributed by atoms with Gasteiger partial charge < -0.3 is 11.1 Å². The number of anilines is 1. The van der Waals surface area contributed by atoms with Crippen LogP contribution >= 0.6 is 0 Å². The smallest absolute Gasteiger partial charge is 0.256 e. The normalized spacial score (nSPS) is 10.5. The second-order valence-electron chi connectivity index (χ2n) is 4.69. The molecule has 0 saturated carbocycles. The molecule has 0 atom stereocenters. The number of carbonyl (C=O) groups excluding carboxylic acids is 1. The molecule has 0 aliphatic heterocycles. The Labute approximate surface area is 122 Å². The molecule has 1 amide bonds. The summed E-state index contributed by atoms with van der Waals surface area (Å²) in [6.45, 7) is 0.382. The van der Waals surface area contributed by atoms with Crippen LogP contribution in [0.15, 0.2) is 60.8 Å². The number of nitrogens with zero attached hydrogens (tertiary/aromatic N) is 1. The van der Waals surface area contributed by atoms with Crippen molar-refractivity contribution >= 4 is 22.5 Å². The molecule has 1 heterocycles. The summed E-state index contributed by atoms with van der Waals surface area (Å²) in [5, 5.41) is 3.76. The fraction of sp³-hybridized carbons (Fsp3) is 0.0588. The summed E-state index contributed by atoms with van der Waals surface area (Å²) in [4.78, 5) is 16.8. The standard InChI is InChI=1S/C17H15N3O/c18-11-12-5-1-2-8-15(12)20-17(21)14-6-3-9-16-13(14)7-4-10-19-16/h1-10H,11,18H2,(H,20,21). The Hall–Kier alpha value is -2.72. The number of amides is 1. The molecule has 4 nitrogen and oxygen atoms in total. The summed E-state index contributed by atoms with van der Waals surface area (Å²) in [6, 6.07) is 16.8. The summed E-state index contributed by atoms with van der Waals surface area (Å²) in [7, 11) is 0. The maximum absolute atomic E-state index is 12.5. The third kappa shape index (κ3) is 2.61. The lowest BCUT2D eigenvalue weighted by atomic mass is 10.1. The molecule has 0 unspecified atom stereocenters. The highest BCUT2D eigenvalue weighted by Crippen LogP contribution is 2.20. The molecule has 3 aromatic rings. The number of rotatable bonds is 3. The van der Waals surface area contributed by atoms with E-state index in [1.807, 2.05) is 48.5 Å². The Kier molecular flexibility index (Phi) is 3.62. The Balaban J connectivity index is 1.98. The lowest BCUT2D eigenvalue weighted by molar-refractivity contribution is 0.102. The van der Waals surface area contributed by atoms with Crippen LogP contribution in [0.5, 0.6) is 0 Å². The predicted octanol–water partition coefficient (Wildman–Crippen LogP) is 2.95. The van der Waals surface area contributed by atoms with E-state index in [1.165, 1.54) is 0 Å². The van der Waals surface area contributed by atoms with Gasteiger partial charge in [0, 0.05) is 29.4 Å². The first-order valence-electron chi connectivity index (χ1n) is 6.72. The number of hydrogen-bond donors (Lipinski definition) is 2. The molecule has 0 spiro atoms. The summed E-state index contributed by atoms with van der Waals surface area (Å²) in [5.41, 5.74) is 8.75. The SMILES string of the molecule is NCc1ccccc1NC(=O)c1cccc2ncccc12. The average Bonchev–Trinajstić information content (AvgIpc) is 2.54.